The maximum absolute atomic E-state index is 11.9. The Morgan fingerprint density at radius 2 is 1.88 bits per heavy atom. The van der Waals surface area contributed by atoms with Gasteiger partial charge in [-0.1, -0.05) is 32.4 Å². The van der Waals surface area contributed by atoms with Crippen molar-refractivity contribution in [2.75, 3.05) is 5.73 Å². The Kier molecular flexibility index (Phi) is 4.90. The molecule has 2 aromatic rings. The number of benzene rings is 1. The topological polar surface area (TPSA) is 112 Å². The molecule has 6 nitrogen and oxygen atoms in total. The van der Waals surface area contributed by atoms with Gasteiger partial charge in [0.2, 0.25) is 16.0 Å². The van der Waals surface area contributed by atoms with Crippen LogP contribution in [0.25, 0.3) is 11.1 Å². The van der Waals surface area contributed by atoms with Gasteiger partial charge in [0, 0.05) is 11.8 Å². The second kappa shape index (κ2) is 6.31. The van der Waals surface area contributed by atoms with E-state index in [1.165, 1.54) is 6.07 Å². The smallest absolute Gasteiger partial charge is 0.239 e. The van der Waals surface area contributed by atoms with E-state index in [2.05, 4.69) is 9.97 Å². The number of anilines is 1. The molecule has 2 rings (SSSR count). The molecule has 0 atom stereocenters. The number of nitrogen functional groups attached to an aromatic ring is 1. The van der Waals surface area contributed by atoms with Gasteiger partial charge in [-0.05, 0) is 42.0 Å². The largest absolute Gasteiger partial charge is 0.368 e. The van der Waals surface area contributed by atoms with E-state index in [1.807, 2.05) is 26.8 Å². The van der Waals surface area contributed by atoms with Gasteiger partial charge >= 0.3 is 0 Å². The summed E-state index contributed by atoms with van der Waals surface area (Å²) in [5.41, 5.74) is 8.18. The van der Waals surface area contributed by atoms with Crippen molar-refractivity contribution in [3.8, 4) is 11.1 Å². The molecule has 1 aromatic carbocycles. The molecule has 0 saturated heterocycles. The van der Waals surface area contributed by atoms with Gasteiger partial charge in [0.25, 0.3) is 0 Å². The van der Waals surface area contributed by atoms with Crippen LogP contribution >= 0.6 is 11.6 Å². The lowest BCUT2D eigenvalue weighted by Crippen LogP contribution is -2.16. The van der Waals surface area contributed by atoms with E-state index in [1.54, 1.807) is 13.1 Å². The van der Waals surface area contributed by atoms with E-state index in [0.29, 0.717) is 28.8 Å². The SMILES string of the molecule is Cc1nc(N)ncc1-c1cc(CC(C)(C)C)c(Cl)c(S(N)(=O)=O)c1. The molecule has 8 heteroatoms. The third-order valence-electron chi connectivity index (χ3n) is 3.45. The van der Waals surface area contributed by atoms with Crippen LogP contribution in [-0.2, 0) is 16.4 Å². The summed E-state index contributed by atoms with van der Waals surface area (Å²) in [4.78, 5) is 8.01. The standard InChI is InChI=1S/C16H21ClN4O2S/c1-9-12(8-20-15(18)21-9)10-5-11(7-16(2,3)4)14(17)13(6-10)24(19,22)23/h5-6,8H,7H2,1-4H3,(H2,18,20,21)(H2,19,22,23). The summed E-state index contributed by atoms with van der Waals surface area (Å²) in [5, 5.41) is 5.49. The number of sulfonamides is 1. The zero-order valence-corrected chi connectivity index (χ0v) is 15.7. The number of hydrogen-bond donors (Lipinski definition) is 2. The normalized spacial score (nSPS) is 12.4. The molecule has 0 spiro atoms. The molecule has 1 aromatic heterocycles. The number of nitrogens with two attached hydrogens (primary N) is 2. The maximum atomic E-state index is 11.9. The number of nitrogens with zero attached hydrogens (tertiary/aromatic N) is 2. The van der Waals surface area contributed by atoms with Crippen LogP contribution in [0.4, 0.5) is 5.95 Å². The number of primary sulfonamides is 1. The van der Waals surface area contributed by atoms with Crippen molar-refractivity contribution in [3.63, 3.8) is 0 Å². The number of rotatable bonds is 3. The summed E-state index contributed by atoms with van der Waals surface area (Å²) in [7, 11) is -3.96. The quantitative estimate of drug-likeness (QED) is 0.864. The minimum absolute atomic E-state index is 0.0788. The van der Waals surface area contributed by atoms with Crippen molar-refractivity contribution < 1.29 is 8.42 Å². The van der Waals surface area contributed by atoms with E-state index in [-0.39, 0.29) is 21.3 Å². The average molecular weight is 369 g/mol. The summed E-state index contributed by atoms with van der Waals surface area (Å²) in [5.74, 6) is 0.159. The Labute approximate surface area is 147 Å². The fraction of sp³-hybridized carbons (Fsp3) is 0.375. The maximum Gasteiger partial charge on any atom is 0.239 e. The second-order valence-electron chi connectivity index (χ2n) is 6.96. The molecule has 0 fully saturated rings. The summed E-state index contributed by atoms with van der Waals surface area (Å²) < 4.78 is 23.9. The first-order chi connectivity index (χ1) is 10.9. The predicted octanol–water partition coefficient (Wildman–Crippen LogP) is 2.92. The third kappa shape index (κ3) is 4.23. The summed E-state index contributed by atoms with van der Waals surface area (Å²) >= 11 is 6.31. The van der Waals surface area contributed by atoms with Gasteiger partial charge in [0.05, 0.1) is 10.7 Å². The molecule has 0 bridgehead atoms. The van der Waals surface area contributed by atoms with Gasteiger partial charge in [-0.25, -0.2) is 23.5 Å². The van der Waals surface area contributed by atoms with Gasteiger partial charge in [0.15, 0.2) is 0 Å². The molecule has 0 saturated carbocycles. The van der Waals surface area contributed by atoms with E-state index >= 15 is 0 Å². The monoisotopic (exact) mass is 368 g/mol. The zero-order valence-electron chi connectivity index (χ0n) is 14.1. The molecule has 0 aliphatic rings. The van der Waals surface area contributed by atoms with Crippen molar-refractivity contribution >= 4 is 27.6 Å². The molecular formula is C16H21ClN4O2S. The van der Waals surface area contributed by atoms with Gasteiger partial charge in [-0.2, -0.15) is 0 Å². The molecule has 1 heterocycles. The van der Waals surface area contributed by atoms with E-state index < -0.39 is 10.0 Å². The molecule has 24 heavy (non-hydrogen) atoms. The van der Waals surface area contributed by atoms with Crippen LogP contribution in [0.2, 0.25) is 5.02 Å². The van der Waals surface area contributed by atoms with E-state index in [0.717, 1.165) is 0 Å². The molecule has 0 aliphatic heterocycles. The Balaban J connectivity index is 2.75. The Bertz CT molecular complexity index is 890. The van der Waals surface area contributed by atoms with Crippen LogP contribution in [0.1, 0.15) is 32.0 Å². The van der Waals surface area contributed by atoms with Crippen LogP contribution in [0.15, 0.2) is 23.2 Å². The first-order valence-corrected chi connectivity index (χ1v) is 9.25. The minimum atomic E-state index is -3.96. The number of aromatic nitrogens is 2. The van der Waals surface area contributed by atoms with E-state index in [4.69, 9.17) is 22.5 Å². The van der Waals surface area contributed by atoms with Gasteiger partial charge in [-0.15, -0.1) is 0 Å². The van der Waals surface area contributed by atoms with Gasteiger partial charge < -0.3 is 5.73 Å². The highest BCUT2D eigenvalue weighted by Gasteiger charge is 2.22. The highest BCUT2D eigenvalue weighted by molar-refractivity contribution is 7.89. The third-order valence-corrected chi connectivity index (χ3v) is 4.94. The van der Waals surface area contributed by atoms with Crippen LogP contribution in [-0.4, -0.2) is 18.4 Å². The Morgan fingerprint density at radius 3 is 2.38 bits per heavy atom. The molecule has 130 valence electrons. The van der Waals surface area contributed by atoms with Crippen LogP contribution in [0, 0.1) is 12.3 Å². The highest BCUT2D eigenvalue weighted by Crippen LogP contribution is 2.35. The van der Waals surface area contributed by atoms with Crippen LogP contribution in [0.5, 0.6) is 0 Å². The lowest BCUT2D eigenvalue weighted by atomic mass is 9.87. The summed E-state index contributed by atoms with van der Waals surface area (Å²) in [6.07, 6.45) is 2.16. The minimum Gasteiger partial charge on any atom is -0.368 e. The number of halogens is 1. The lowest BCUT2D eigenvalue weighted by molar-refractivity contribution is 0.411. The number of aryl methyl sites for hydroxylation is 1. The van der Waals surface area contributed by atoms with E-state index in [9.17, 15) is 8.42 Å². The Hall–Kier alpha value is -1.70. The lowest BCUT2D eigenvalue weighted by Gasteiger charge is -2.21. The molecule has 0 unspecified atom stereocenters. The average Bonchev–Trinajstić information content (AvgIpc) is 2.38. The highest BCUT2D eigenvalue weighted by atomic mass is 35.5. The molecule has 0 radical (unpaired) electrons. The van der Waals surface area contributed by atoms with Crippen molar-refractivity contribution in [2.45, 2.75) is 39.0 Å². The van der Waals surface area contributed by atoms with Crippen LogP contribution in [0.3, 0.4) is 0 Å². The summed E-state index contributed by atoms with van der Waals surface area (Å²) in [6.45, 7) is 7.92. The fourth-order valence-electron chi connectivity index (χ4n) is 2.49. The first kappa shape index (κ1) is 18.6. The zero-order chi connectivity index (χ0) is 18.3. The molecule has 4 N–H and O–H groups in total. The van der Waals surface area contributed by atoms with Gasteiger partial charge in [-0.3, -0.25) is 0 Å². The van der Waals surface area contributed by atoms with Crippen molar-refractivity contribution in [1.82, 2.24) is 9.97 Å². The molecule has 0 aliphatic carbocycles. The van der Waals surface area contributed by atoms with Crippen molar-refractivity contribution in [2.24, 2.45) is 10.6 Å². The number of hydrogen-bond acceptors (Lipinski definition) is 5. The summed E-state index contributed by atoms with van der Waals surface area (Å²) in [6, 6.07) is 3.30. The first-order valence-electron chi connectivity index (χ1n) is 7.33. The molecule has 0 amide bonds. The second-order valence-corrected chi connectivity index (χ2v) is 8.87. The van der Waals surface area contributed by atoms with Gasteiger partial charge in [0.1, 0.15) is 4.90 Å². The Morgan fingerprint density at radius 1 is 1.25 bits per heavy atom. The predicted molar refractivity (Wildman–Crippen MR) is 96.2 cm³/mol. The fourth-order valence-corrected chi connectivity index (χ4v) is 3.66. The van der Waals surface area contributed by atoms with Crippen molar-refractivity contribution in [1.29, 1.82) is 0 Å². The molecular weight excluding hydrogens is 348 g/mol. The van der Waals surface area contributed by atoms with Crippen molar-refractivity contribution in [3.05, 3.63) is 34.6 Å². The van der Waals surface area contributed by atoms with Crippen LogP contribution < -0.4 is 10.9 Å².